The van der Waals surface area contributed by atoms with Gasteiger partial charge in [0.05, 0.1) is 37.6 Å². The number of allylic oxidation sites excluding steroid dienone is 1. The molecular formula is C40H60O15. The molecule has 8 aliphatic rings. The third kappa shape index (κ3) is 6.13. The molecule has 4 heterocycles. The second-order valence-electron chi connectivity index (χ2n) is 18.3. The largest absolute Gasteiger partial charge is 0.454 e. The SMILES string of the molecule is C=C1CO[C@@]2(O[C@H]3C[C@H]4[C@@H]5CC=C6C[C@@H](O)C[C@@H](O[C@@H]7OC[C@H](O)[C@H](O)[C@H]7O[C@@H]7O[C@@H](C)[C@H](O)[C@@H](O)[C@H]7OC(C)=O)[C@]6(C)[C@H]5CC[C@]4(C)[C@H]3[C@@H]2C)[C@H](O)[C@H]1O. The molecule has 15 heteroatoms. The Bertz CT molecular complexity index is 1520. The molecule has 0 unspecified atom stereocenters. The van der Waals surface area contributed by atoms with Gasteiger partial charge in [-0.2, -0.15) is 0 Å². The smallest absolute Gasteiger partial charge is 0.303 e. The maximum absolute atomic E-state index is 12.0. The fourth-order valence-electron chi connectivity index (χ4n) is 12.6. The van der Waals surface area contributed by atoms with Crippen LogP contribution in [0.2, 0.25) is 0 Å². The summed E-state index contributed by atoms with van der Waals surface area (Å²) >= 11 is 0. The van der Waals surface area contributed by atoms with Gasteiger partial charge in [-0.25, -0.2) is 0 Å². The lowest BCUT2D eigenvalue weighted by molar-refractivity contribution is -0.363. The summed E-state index contributed by atoms with van der Waals surface area (Å²) in [5.74, 6) is -1.39. The third-order valence-electron chi connectivity index (χ3n) is 15.5. The van der Waals surface area contributed by atoms with Gasteiger partial charge in [0.2, 0.25) is 5.79 Å². The van der Waals surface area contributed by atoms with Gasteiger partial charge in [0.1, 0.15) is 42.7 Å². The van der Waals surface area contributed by atoms with Crippen LogP contribution in [0.4, 0.5) is 0 Å². The number of carbonyl (C=O) groups excluding carboxylic acids is 1. The molecule has 0 aromatic heterocycles. The van der Waals surface area contributed by atoms with Crippen molar-refractivity contribution in [2.45, 2.75) is 165 Å². The van der Waals surface area contributed by atoms with E-state index < -0.39 is 96.9 Å². The first-order valence-electron chi connectivity index (χ1n) is 20.1. The van der Waals surface area contributed by atoms with Crippen molar-refractivity contribution in [1.29, 1.82) is 0 Å². The Morgan fingerprint density at radius 1 is 0.945 bits per heavy atom. The lowest BCUT2D eigenvalue weighted by atomic mass is 9.46. The first kappa shape index (κ1) is 40.2. The van der Waals surface area contributed by atoms with Crippen LogP contribution in [0.25, 0.3) is 0 Å². The summed E-state index contributed by atoms with van der Waals surface area (Å²) in [7, 11) is 0. The molecule has 0 aromatic carbocycles. The van der Waals surface area contributed by atoms with E-state index in [1.54, 1.807) is 0 Å². The second kappa shape index (κ2) is 14.3. The predicted octanol–water partition coefficient (Wildman–Crippen LogP) is 0.432. The quantitative estimate of drug-likeness (QED) is 0.149. The van der Waals surface area contributed by atoms with E-state index in [1.165, 1.54) is 6.92 Å². The molecule has 22 atom stereocenters. The minimum Gasteiger partial charge on any atom is -0.454 e. The highest BCUT2D eigenvalue weighted by atomic mass is 16.8. The molecule has 3 saturated carbocycles. The summed E-state index contributed by atoms with van der Waals surface area (Å²) in [6.07, 6.45) is -9.54. The summed E-state index contributed by atoms with van der Waals surface area (Å²) < 4.78 is 43.1. The van der Waals surface area contributed by atoms with Crippen LogP contribution in [-0.4, -0.2) is 147 Å². The number of ether oxygens (including phenoxy) is 7. The number of hydrogen-bond donors (Lipinski definition) is 7. The fraction of sp³-hybridized carbons (Fsp3) is 0.875. The number of aliphatic hydroxyl groups is 7. The third-order valence-corrected chi connectivity index (χ3v) is 15.5. The standard InChI is InChI=1S/C40H60O15/c1-16-14-50-40(35(48)29(16)44)17(2)28-26(55-40)13-24-22-8-7-20-11-21(42)12-27(39(20,6)23(22)9-10-38(24,28)5)53-36-33(31(46)25(43)15-49-36)54-37-34(52-19(4)41)32(47)30(45)18(3)51-37/h7,17-18,21-37,42-48H,1,8-15H2,2-6H3/t17-,18-,21+,22+,23-,24-,25-,26-,27+,28-,29-,30-,31-,32+,33+,34+,35+,36-,37-,38-,39-,40-/m0/s1. The molecule has 4 saturated heterocycles. The molecule has 7 N–H and O–H groups in total. The molecule has 0 radical (unpaired) electrons. The molecule has 4 aliphatic carbocycles. The predicted molar refractivity (Wildman–Crippen MR) is 189 cm³/mol. The second-order valence-corrected chi connectivity index (χ2v) is 18.3. The number of carbonyl (C=O) groups is 1. The van der Waals surface area contributed by atoms with E-state index in [0.717, 1.165) is 38.2 Å². The van der Waals surface area contributed by atoms with Crippen LogP contribution < -0.4 is 0 Å². The Balaban J connectivity index is 1.05. The maximum Gasteiger partial charge on any atom is 0.303 e. The topological polar surface area (TPSA) is 223 Å². The van der Waals surface area contributed by atoms with Crippen molar-refractivity contribution in [3.63, 3.8) is 0 Å². The van der Waals surface area contributed by atoms with Gasteiger partial charge in [0.15, 0.2) is 18.7 Å². The molecule has 0 amide bonds. The van der Waals surface area contributed by atoms with Gasteiger partial charge < -0.3 is 68.9 Å². The van der Waals surface area contributed by atoms with Gasteiger partial charge in [-0.15, -0.1) is 0 Å². The van der Waals surface area contributed by atoms with Crippen molar-refractivity contribution in [1.82, 2.24) is 0 Å². The lowest BCUT2D eigenvalue weighted by Crippen LogP contribution is -2.64. The summed E-state index contributed by atoms with van der Waals surface area (Å²) in [6, 6.07) is 0. The number of rotatable bonds is 5. The average Bonchev–Trinajstić information content (AvgIpc) is 3.59. The maximum atomic E-state index is 12.0. The number of hydrogen-bond acceptors (Lipinski definition) is 15. The van der Waals surface area contributed by atoms with Crippen LogP contribution in [0.15, 0.2) is 23.8 Å². The zero-order valence-corrected chi connectivity index (χ0v) is 32.3. The molecule has 310 valence electrons. The van der Waals surface area contributed by atoms with Crippen molar-refractivity contribution < 1.29 is 73.7 Å². The summed E-state index contributed by atoms with van der Waals surface area (Å²) in [6.45, 7) is 13.0. The highest BCUT2D eigenvalue weighted by molar-refractivity contribution is 5.66. The summed E-state index contributed by atoms with van der Waals surface area (Å²) in [4.78, 5) is 12.0. The molecule has 55 heavy (non-hydrogen) atoms. The number of esters is 1. The van der Waals surface area contributed by atoms with E-state index in [0.29, 0.717) is 18.4 Å². The summed E-state index contributed by atoms with van der Waals surface area (Å²) in [5, 5.41) is 76.5. The molecule has 0 aromatic rings. The Morgan fingerprint density at radius 3 is 2.42 bits per heavy atom. The van der Waals surface area contributed by atoms with Crippen LogP contribution in [0.3, 0.4) is 0 Å². The van der Waals surface area contributed by atoms with E-state index in [-0.39, 0.29) is 54.3 Å². The van der Waals surface area contributed by atoms with Crippen LogP contribution in [0.5, 0.6) is 0 Å². The molecule has 4 aliphatic heterocycles. The molecule has 1 spiro atoms. The molecular weight excluding hydrogens is 720 g/mol. The Hall–Kier alpha value is -1.57. The molecule has 8 rings (SSSR count). The fourth-order valence-corrected chi connectivity index (χ4v) is 12.6. The number of fused-ring (bicyclic) bond motifs is 7. The first-order valence-corrected chi connectivity index (χ1v) is 20.1. The number of aliphatic hydroxyl groups excluding tert-OH is 7. The zero-order chi connectivity index (χ0) is 39.5. The van der Waals surface area contributed by atoms with Crippen molar-refractivity contribution in [2.24, 2.45) is 40.4 Å². The normalized spacial score (nSPS) is 56.3. The Kier molecular flexibility index (Phi) is 10.5. The van der Waals surface area contributed by atoms with Gasteiger partial charge in [-0.3, -0.25) is 4.79 Å². The minimum atomic E-state index is -1.55. The van der Waals surface area contributed by atoms with E-state index >= 15 is 0 Å². The summed E-state index contributed by atoms with van der Waals surface area (Å²) in [5.41, 5.74) is 0.893. The average molecular weight is 781 g/mol. The van der Waals surface area contributed by atoms with Gasteiger partial charge in [-0.05, 0) is 73.7 Å². The monoisotopic (exact) mass is 780 g/mol. The van der Waals surface area contributed by atoms with Crippen molar-refractivity contribution in [3.05, 3.63) is 23.8 Å². The van der Waals surface area contributed by atoms with E-state index in [9.17, 15) is 40.5 Å². The van der Waals surface area contributed by atoms with Crippen LogP contribution >= 0.6 is 0 Å². The van der Waals surface area contributed by atoms with Crippen molar-refractivity contribution in [2.75, 3.05) is 13.2 Å². The Morgan fingerprint density at radius 2 is 1.69 bits per heavy atom. The minimum absolute atomic E-state index is 0.103. The van der Waals surface area contributed by atoms with Crippen molar-refractivity contribution >= 4 is 5.97 Å². The van der Waals surface area contributed by atoms with Crippen LogP contribution in [0.1, 0.15) is 73.1 Å². The van der Waals surface area contributed by atoms with E-state index in [1.807, 2.05) is 0 Å². The van der Waals surface area contributed by atoms with Crippen LogP contribution in [0, 0.1) is 40.4 Å². The van der Waals surface area contributed by atoms with E-state index in [2.05, 4.69) is 33.4 Å². The van der Waals surface area contributed by atoms with Crippen LogP contribution in [-0.2, 0) is 38.0 Å². The molecule has 0 bridgehead atoms. The Labute approximate surface area is 321 Å². The highest BCUT2D eigenvalue weighted by Crippen LogP contribution is 2.71. The highest BCUT2D eigenvalue weighted by Gasteiger charge is 2.71. The zero-order valence-electron chi connectivity index (χ0n) is 32.3. The van der Waals surface area contributed by atoms with Gasteiger partial charge >= 0.3 is 5.97 Å². The van der Waals surface area contributed by atoms with Gasteiger partial charge in [0, 0.05) is 24.7 Å². The first-order chi connectivity index (χ1) is 25.9. The molecule has 15 nitrogen and oxygen atoms in total. The van der Waals surface area contributed by atoms with Crippen molar-refractivity contribution in [3.8, 4) is 0 Å². The van der Waals surface area contributed by atoms with Gasteiger partial charge in [-0.1, -0.05) is 39.0 Å². The lowest BCUT2D eigenvalue weighted by Gasteiger charge is -2.60. The van der Waals surface area contributed by atoms with E-state index in [4.69, 9.17) is 33.2 Å². The van der Waals surface area contributed by atoms with Gasteiger partial charge in [0.25, 0.3) is 0 Å². The molecule has 7 fully saturated rings.